The zero-order chi connectivity index (χ0) is 14.3. The van der Waals surface area contributed by atoms with Gasteiger partial charge in [-0.25, -0.2) is 0 Å². The predicted octanol–water partition coefficient (Wildman–Crippen LogP) is 4.76. The van der Waals surface area contributed by atoms with Gasteiger partial charge in [0.1, 0.15) is 0 Å². The molecule has 0 amide bonds. The highest BCUT2D eigenvalue weighted by Gasteiger charge is 2.32. The molecule has 0 aliphatic rings. The van der Waals surface area contributed by atoms with Gasteiger partial charge in [-0.15, -0.1) is 0 Å². The summed E-state index contributed by atoms with van der Waals surface area (Å²) in [6.07, 6.45) is 0.173. The maximum Gasteiger partial charge on any atom is 0.416 e. The molecule has 1 atom stereocenters. The largest absolute Gasteiger partial charge is 0.416 e. The Bertz CT molecular complexity index is 374. The highest BCUT2D eigenvalue weighted by atomic mass is 19.4. The molecule has 0 aliphatic carbocycles. The third kappa shape index (κ3) is 5.64. The van der Waals surface area contributed by atoms with Crippen LogP contribution in [0.4, 0.5) is 13.2 Å². The number of hydrogen-bond acceptors (Lipinski definition) is 1. The van der Waals surface area contributed by atoms with Crippen LogP contribution in [0.3, 0.4) is 0 Å². The Kier molecular flexibility index (Phi) is 6.35. The zero-order valence-corrected chi connectivity index (χ0v) is 11.6. The molecule has 0 aliphatic heterocycles. The van der Waals surface area contributed by atoms with E-state index >= 15 is 0 Å². The first-order valence-corrected chi connectivity index (χ1v) is 6.83. The second-order valence-electron chi connectivity index (χ2n) is 4.93. The summed E-state index contributed by atoms with van der Waals surface area (Å²) in [5.74, 6) is 0. The van der Waals surface area contributed by atoms with Crippen molar-refractivity contribution in [3.8, 4) is 0 Å². The number of nitrogens with one attached hydrogen (secondary N) is 1. The molecule has 1 nitrogen and oxygen atoms in total. The predicted molar refractivity (Wildman–Crippen MR) is 71.9 cm³/mol. The van der Waals surface area contributed by atoms with Crippen molar-refractivity contribution < 1.29 is 13.2 Å². The van der Waals surface area contributed by atoms with Crippen LogP contribution in [0.5, 0.6) is 0 Å². The van der Waals surface area contributed by atoms with Crippen LogP contribution in [-0.4, -0.2) is 6.04 Å². The number of alkyl halides is 3. The molecule has 1 aromatic carbocycles. The fourth-order valence-corrected chi connectivity index (χ4v) is 2.04. The van der Waals surface area contributed by atoms with Crippen LogP contribution in [0.25, 0.3) is 0 Å². The lowest BCUT2D eigenvalue weighted by molar-refractivity contribution is -0.138. The van der Waals surface area contributed by atoms with E-state index < -0.39 is 11.7 Å². The molecule has 19 heavy (non-hydrogen) atoms. The molecular formula is C15H22F3N. The van der Waals surface area contributed by atoms with Gasteiger partial charge in [0.15, 0.2) is 0 Å². The van der Waals surface area contributed by atoms with E-state index in [0.29, 0.717) is 5.56 Å². The van der Waals surface area contributed by atoms with Gasteiger partial charge < -0.3 is 5.32 Å². The highest BCUT2D eigenvalue weighted by molar-refractivity contribution is 5.29. The topological polar surface area (TPSA) is 12.0 Å². The minimum Gasteiger partial charge on any atom is -0.310 e. The van der Waals surface area contributed by atoms with Gasteiger partial charge in [-0.1, -0.05) is 44.4 Å². The van der Waals surface area contributed by atoms with Crippen LogP contribution >= 0.6 is 0 Å². The molecular weight excluding hydrogens is 251 g/mol. The summed E-state index contributed by atoms with van der Waals surface area (Å²) in [6.45, 7) is 4.42. The quantitative estimate of drug-likeness (QED) is 0.706. The van der Waals surface area contributed by atoms with Gasteiger partial charge in [0.2, 0.25) is 0 Å². The van der Waals surface area contributed by atoms with Gasteiger partial charge in [-0.2, -0.15) is 13.2 Å². The summed E-state index contributed by atoms with van der Waals surface area (Å²) in [6, 6.07) is 5.99. The van der Waals surface area contributed by atoms with Crippen LogP contribution in [-0.2, 0) is 12.7 Å². The van der Waals surface area contributed by atoms with Gasteiger partial charge in [-0.05, 0) is 25.0 Å². The minimum absolute atomic E-state index is 0.243. The number of benzene rings is 1. The minimum atomic E-state index is -4.27. The number of unbranched alkanes of at least 4 members (excludes halogenated alkanes) is 2. The molecule has 0 bridgehead atoms. The van der Waals surface area contributed by atoms with E-state index in [1.165, 1.54) is 18.6 Å². The Hall–Kier alpha value is -1.03. The summed E-state index contributed by atoms with van der Waals surface area (Å²) in [5.41, 5.74) is -0.222. The first-order chi connectivity index (χ1) is 8.95. The first-order valence-electron chi connectivity index (χ1n) is 6.83. The van der Waals surface area contributed by atoms with Crippen molar-refractivity contribution >= 4 is 0 Å². The molecule has 1 N–H and O–H groups in total. The van der Waals surface area contributed by atoms with E-state index in [2.05, 4.69) is 12.2 Å². The van der Waals surface area contributed by atoms with E-state index in [1.807, 2.05) is 6.92 Å². The second-order valence-corrected chi connectivity index (χ2v) is 4.93. The number of rotatable bonds is 7. The first kappa shape index (κ1) is 16.0. The van der Waals surface area contributed by atoms with E-state index in [0.717, 1.165) is 25.3 Å². The zero-order valence-electron chi connectivity index (χ0n) is 11.6. The molecule has 0 saturated carbocycles. The molecule has 0 aromatic heterocycles. The summed E-state index contributed by atoms with van der Waals surface area (Å²) in [4.78, 5) is 0. The van der Waals surface area contributed by atoms with Gasteiger partial charge in [0, 0.05) is 12.6 Å². The van der Waals surface area contributed by atoms with Crippen LogP contribution < -0.4 is 5.32 Å². The molecule has 0 radical (unpaired) electrons. The molecule has 0 heterocycles. The lowest BCUT2D eigenvalue weighted by Crippen LogP contribution is -2.26. The van der Waals surface area contributed by atoms with Gasteiger partial charge in [0.05, 0.1) is 5.56 Å². The molecule has 1 unspecified atom stereocenters. The monoisotopic (exact) mass is 273 g/mol. The fraction of sp³-hybridized carbons (Fsp3) is 0.600. The van der Waals surface area contributed by atoms with Crippen LogP contribution in [0.15, 0.2) is 24.3 Å². The number of halogens is 3. The standard InChI is InChI=1S/C15H22F3N/c1-3-4-5-8-12(2)19-11-13-9-6-7-10-14(13)15(16,17)18/h6-7,9-10,12,19H,3-5,8,11H2,1-2H3. The third-order valence-electron chi connectivity index (χ3n) is 3.20. The smallest absolute Gasteiger partial charge is 0.310 e. The summed E-state index contributed by atoms with van der Waals surface area (Å²) >= 11 is 0. The van der Waals surface area contributed by atoms with Crippen LogP contribution in [0.1, 0.15) is 50.7 Å². The van der Waals surface area contributed by atoms with Crippen molar-refractivity contribution in [3.05, 3.63) is 35.4 Å². The summed E-state index contributed by atoms with van der Waals surface area (Å²) in [5, 5.41) is 3.17. The van der Waals surface area contributed by atoms with E-state index in [4.69, 9.17) is 0 Å². The lowest BCUT2D eigenvalue weighted by Gasteiger charge is -2.17. The summed E-state index contributed by atoms with van der Waals surface area (Å²) in [7, 11) is 0. The molecule has 0 saturated heterocycles. The molecule has 1 aromatic rings. The second kappa shape index (κ2) is 7.53. The Balaban J connectivity index is 2.53. The average Bonchev–Trinajstić information content (AvgIpc) is 2.36. The Morgan fingerprint density at radius 2 is 1.84 bits per heavy atom. The molecule has 108 valence electrons. The SMILES string of the molecule is CCCCCC(C)NCc1ccccc1C(F)(F)F. The average molecular weight is 273 g/mol. The molecule has 0 fully saturated rings. The van der Waals surface area contributed by atoms with Crippen LogP contribution in [0.2, 0.25) is 0 Å². The van der Waals surface area contributed by atoms with Crippen LogP contribution in [0, 0.1) is 0 Å². The van der Waals surface area contributed by atoms with Gasteiger partial charge in [0.25, 0.3) is 0 Å². The third-order valence-corrected chi connectivity index (χ3v) is 3.20. The normalized spacial score (nSPS) is 13.5. The van der Waals surface area contributed by atoms with Crippen molar-refractivity contribution in [1.29, 1.82) is 0 Å². The van der Waals surface area contributed by atoms with E-state index in [1.54, 1.807) is 6.07 Å². The van der Waals surface area contributed by atoms with E-state index in [-0.39, 0.29) is 12.6 Å². The Morgan fingerprint density at radius 1 is 1.16 bits per heavy atom. The van der Waals surface area contributed by atoms with Crippen molar-refractivity contribution in [2.45, 2.75) is 58.3 Å². The Morgan fingerprint density at radius 3 is 2.47 bits per heavy atom. The fourth-order valence-electron chi connectivity index (χ4n) is 2.04. The Labute approximate surface area is 113 Å². The van der Waals surface area contributed by atoms with Crippen molar-refractivity contribution in [1.82, 2.24) is 5.32 Å². The lowest BCUT2D eigenvalue weighted by atomic mass is 10.1. The van der Waals surface area contributed by atoms with Crippen molar-refractivity contribution in [2.24, 2.45) is 0 Å². The molecule has 4 heteroatoms. The van der Waals surface area contributed by atoms with Crippen molar-refractivity contribution in [2.75, 3.05) is 0 Å². The van der Waals surface area contributed by atoms with Crippen molar-refractivity contribution in [3.63, 3.8) is 0 Å². The molecule has 0 spiro atoms. The van der Waals surface area contributed by atoms with Gasteiger partial charge in [-0.3, -0.25) is 0 Å². The maximum atomic E-state index is 12.8. The molecule has 1 rings (SSSR count). The summed E-state index contributed by atoms with van der Waals surface area (Å²) < 4.78 is 38.4. The highest BCUT2D eigenvalue weighted by Crippen LogP contribution is 2.31. The number of hydrogen-bond donors (Lipinski definition) is 1. The maximum absolute atomic E-state index is 12.8. The van der Waals surface area contributed by atoms with E-state index in [9.17, 15) is 13.2 Å². The van der Waals surface area contributed by atoms with Gasteiger partial charge >= 0.3 is 6.18 Å².